The van der Waals surface area contributed by atoms with Crippen LogP contribution in [0.2, 0.25) is 5.02 Å². The smallest absolute Gasteiger partial charge is 0.0406 e. The third-order valence-electron chi connectivity index (χ3n) is 4.01. The second-order valence-electron chi connectivity index (χ2n) is 5.78. The van der Waals surface area contributed by atoms with E-state index in [4.69, 9.17) is 11.6 Å². The standard InChI is InChI=1S/C21H19Cl/c1-15-7-8-16(2)21(13-15)20-6-4-3-5-18(20)14-17-9-11-19(22)12-10-17/h3-13H,14H2,1-2H3. The van der Waals surface area contributed by atoms with Gasteiger partial charge < -0.3 is 0 Å². The lowest BCUT2D eigenvalue weighted by Crippen LogP contribution is -1.94. The van der Waals surface area contributed by atoms with E-state index in [1.165, 1.54) is 33.4 Å². The Labute approximate surface area is 137 Å². The minimum absolute atomic E-state index is 0.784. The molecule has 3 rings (SSSR count). The maximum absolute atomic E-state index is 5.98. The normalized spacial score (nSPS) is 10.7. The molecule has 3 aromatic rings. The van der Waals surface area contributed by atoms with Gasteiger partial charge in [-0.05, 0) is 60.2 Å². The average Bonchev–Trinajstić information content (AvgIpc) is 2.53. The van der Waals surface area contributed by atoms with Crippen molar-refractivity contribution >= 4 is 11.6 Å². The Morgan fingerprint density at radius 1 is 0.773 bits per heavy atom. The summed E-state index contributed by atoms with van der Waals surface area (Å²) in [7, 11) is 0. The molecule has 0 fully saturated rings. The zero-order chi connectivity index (χ0) is 15.5. The predicted octanol–water partition coefficient (Wildman–Crippen LogP) is 6.21. The van der Waals surface area contributed by atoms with Gasteiger partial charge >= 0.3 is 0 Å². The van der Waals surface area contributed by atoms with Crippen molar-refractivity contribution in [2.75, 3.05) is 0 Å². The molecule has 0 saturated heterocycles. The Bertz CT molecular complexity index is 785. The van der Waals surface area contributed by atoms with E-state index < -0.39 is 0 Å². The van der Waals surface area contributed by atoms with Crippen LogP contribution in [-0.2, 0) is 6.42 Å². The Morgan fingerprint density at radius 3 is 2.27 bits per heavy atom. The molecule has 0 saturated carbocycles. The lowest BCUT2D eigenvalue weighted by molar-refractivity contribution is 1.19. The summed E-state index contributed by atoms with van der Waals surface area (Å²) in [5.41, 5.74) is 7.87. The van der Waals surface area contributed by atoms with Gasteiger partial charge in [0.2, 0.25) is 0 Å². The van der Waals surface area contributed by atoms with Crippen LogP contribution < -0.4 is 0 Å². The first-order valence-corrected chi connectivity index (χ1v) is 7.91. The molecule has 0 aliphatic rings. The molecule has 0 amide bonds. The molecular formula is C21H19Cl. The van der Waals surface area contributed by atoms with Gasteiger partial charge in [0.25, 0.3) is 0 Å². The van der Waals surface area contributed by atoms with Gasteiger partial charge in [0.05, 0.1) is 0 Å². The van der Waals surface area contributed by atoms with Crippen LogP contribution in [0.5, 0.6) is 0 Å². The Kier molecular flexibility index (Phi) is 4.31. The number of rotatable bonds is 3. The summed E-state index contributed by atoms with van der Waals surface area (Å²) in [5, 5.41) is 0.784. The molecule has 0 atom stereocenters. The van der Waals surface area contributed by atoms with Crippen molar-refractivity contribution < 1.29 is 0 Å². The van der Waals surface area contributed by atoms with Crippen molar-refractivity contribution in [2.45, 2.75) is 20.3 Å². The van der Waals surface area contributed by atoms with Crippen LogP contribution >= 0.6 is 11.6 Å². The molecule has 0 N–H and O–H groups in total. The molecule has 0 unspecified atom stereocenters. The van der Waals surface area contributed by atoms with E-state index >= 15 is 0 Å². The maximum atomic E-state index is 5.98. The summed E-state index contributed by atoms with van der Waals surface area (Å²) in [5.74, 6) is 0. The fraction of sp³-hybridized carbons (Fsp3) is 0.143. The largest absolute Gasteiger partial charge is 0.0843 e. The van der Waals surface area contributed by atoms with Crippen molar-refractivity contribution in [3.05, 3.63) is 94.0 Å². The highest BCUT2D eigenvalue weighted by atomic mass is 35.5. The summed E-state index contributed by atoms with van der Waals surface area (Å²) in [6.07, 6.45) is 0.917. The van der Waals surface area contributed by atoms with Gasteiger partial charge in [0.15, 0.2) is 0 Å². The third kappa shape index (κ3) is 3.23. The van der Waals surface area contributed by atoms with E-state index in [9.17, 15) is 0 Å². The van der Waals surface area contributed by atoms with Crippen molar-refractivity contribution in [1.29, 1.82) is 0 Å². The highest BCUT2D eigenvalue weighted by Gasteiger charge is 2.08. The topological polar surface area (TPSA) is 0 Å². The van der Waals surface area contributed by atoms with Crippen LogP contribution in [0.3, 0.4) is 0 Å². The van der Waals surface area contributed by atoms with Gasteiger partial charge in [-0.3, -0.25) is 0 Å². The van der Waals surface area contributed by atoms with Crippen molar-refractivity contribution in [3.8, 4) is 11.1 Å². The fourth-order valence-electron chi connectivity index (χ4n) is 2.79. The van der Waals surface area contributed by atoms with Gasteiger partial charge in [-0.15, -0.1) is 0 Å². The summed E-state index contributed by atoms with van der Waals surface area (Å²) in [6, 6.07) is 23.4. The van der Waals surface area contributed by atoms with Gasteiger partial charge in [-0.25, -0.2) is 0 Å². The average molecular weight is 307 g/mol. The van der Waals surface area contributed by atoms with E-state index in [1.54, 1.807) is 0 Å². The summed E-state index contributed by atoms with van der Waals surface area (Å²) in [6.45, 7) is 4.32. The monoisotopic (exact) mass is 306 g/mol. The summed E-state index contributed by atoms with van der Waals surface area (Å²) >= 11 is 5.98. The molecular weight excluding hydrogens is 288 g/mol. The molecule has 0 spiro atoms. The maximum Gasteiger partial charge on any atom is 0.0406 e. The van der Waals surface area contributed by atoms with E-state index in [0.717, 1.165) is 11.4 Å². The van der Waals surface area contributed by atoms with Crippen molar-refractivity contribution in [1.82, 2.24) is 0 Å². The first kappa shape index (κ1) is 14.9. The van der Waals surface area contributed by atoms with Crippen molar-refractivity contribution in [3.63, 3.8) is 0 Å². The number of aryl methyl sites for hydroxylation is 2. The predicted molar refractivity (Wildman–Crippen MR) is 95.6 cm³/mol. The zero-order valence-electron chi connectivity index (χ0n) is 12.9. The van der Waals surface area contributed by atoms with E-state index in [0.29, 0.717) is 0 Å². The van der Waals surface area contributed by atoms with Crippen LogP contribution in [0.1, 0.15) is 22.3 Å². The van der Waals surface area contributed by atoms with Gasteiger partial charge in [-0.1, -0.05) is 71.8 Å². The Morgan fingerprint density at radius 2 is 1.50 bits per heavy atom. The van der Waals surface area contributed by atoms with Crippen LogP contribution in [0.4, 0.5) is 0 Å². The molecule has 1 heteroatoms. The number of benzene rings is 3. The van der Waals surface area contributed by atoms with Gasteiger partial charge in [0.1, 0.15) is 0 Å². The molecule has 0 aromatic heterocycles. The SMILES string of the molecule is Cc1ccc(C)c(-c2ccccc2Cc2ccc(Cl)cc2)c1. The molecule has 0 bridgehead atoms. The molecule has 0 aliphatic heterocycles. The second-order valence-corrected chi connectivity index (χ2v) is 6.22. The fourth-order valence-corrected chi connectivity index (χ4v) is 2.91. The first-order valence-electron chi connectivity index (χ1n) is 7.53. The van der Waals surface area contributed by atoms with Gasteiger partial charge in [0, 0.05) is 5.02 Å². The quantitative estimate of drug-likeness (QED) is 0.539. The molecule has 3 aromatic carbocycles. The van der Waals surface area contributed by atoms with Crippen LogP contribution in [0.15, 0.2) is 66.7 Å². The zero-order valence-corrected chi connectivity index (χ0v) is 13.7. The number of halogens is 1. The molecule has 22 heavy (non-hydrogen) atoms. The van der Waals surface area contributed by atoms with Crippen LogP contribution in [-0.4, -0.2) is 0 Å². The highest BCUT2D eigenvalue weighted by molar-refractivity contribution is 6.30. The van der Waals surface area contributed by atoms with E-state index in [-0.39, 0.29) is 0 Å². The highest BCUT2D eigenvalue weighted by Crippen LogP contribution is 2.29. The summed E-state index contributed by atoms with van der Waals surface area (Å²) in [4.78, 5) is 0. The molecule has 0 aliphatic carbocycles. The molecule has 0 nitrogen and oxygen atoms in total. The lowest BCUT2D eigenvalue weighted by atomic mass is 9.92. The van der Waals surface area contributed by atoms with Gasteiger partial charge in [-0.2, -0.15) is 0 Å². The summed E-state index contributed by atoms with van der Waals surface area (Å²) < 4.78 is 0. The van der Waals surface area contributed by atoms with Crippen molar-refractivity contribution in [2.24, 2.45) is 0 Å². The number of hydrogen-bond donors (Lipinski definition) is 0. The minimum atomic E-state index is 0.784. The second kappa shape index (κ2) is 6.37. The lowest BCUT2D eigenvalue weighted by Gasteiger charge is -2.13. The molecule has 110 valence electrons. The first-order chi connectivity index (χ1) is 10.6. The molecule has 0 radical (unpaired) electrons. The Hall–Kier alpha value is -2.05. The molecule has 0 heterocycles. The number of hydrogen-bond acceptors (Lipinski definition) is 0. The van der Waals surface area contributed by atoms with E-state index in [2.05, 4.69) is 68.4 Å². The third-order valence-corrected chi connectivity index (χ3v) is 4.26. The minimum Gasteiger partial charge on any atom is -0.0843 e. The van der Waals surface area contributed by atoms with Crippen LogP contribution in [0, 0.1) is 13.8 Å². The van der Waals surface area contributed by atoms with E-state index in [1.807, 2.05) is 12.1 Å². The Balaban J connectivity index is 2.03. The van der Waals surface area contributed by atoms with Crippen LogP contribution in [0.25, 0.3) is 11.1 Å².